The first kappa shape index (κ1) is 13.6. The van der Waals surface area contributed by atoms with Crippen LogP contribution in [0, 0.1) is 0 Å². The number of thiophene rings is 1. The third-order valence-corrected chi connectivity index (χ3v) is 5.97. The van der Waals surface area contributed by atoms with E-state index in [0.29, 0.717) is 3.79 Å². The Hall–Kier alpha value is 0.530. The molecule has 8 heteroatoms. The summed E-state index contributed by atoms with van der Waals surface area (Å²) in [4.78, 5) is 0.236. The molecular formula is C7H10Br2N2O2S2. The van der Waals surface area contributed by atoms with Crippen LogP contribution in [-0.4, -0.2) is 21.0 Å². The van der Waals surface area contributed by atoms with Gasteiger partial charge >= 0.3 is 0 Å². The second kappa shape index (κ2) is 5.24. The lowest BCUT2D eigenvalue weighted by Crippen LogP contribution is -2.37. The fourth-order valence-corrected chi connectivity index (χ4v) is 5.95. The van der Waals surface area contributed by atoms with Crippen LogP contribution in [0.1, 0.15) is 6.92 Å². The molecule has 1 heterocycles. The molecule has 15 heavy (non-hydrogen) atoms. The summed E-state index contributed by atoms with van der Waals surface area (Å²) in [7, 11) is -3.48. The highest BCUT2D eigenvalue weighted by Gasteiger charge is 2.21. The monoisotopic (exact) mass is 376 g/mol. The highest BCUT2D eigenvalue weighted by molar-refractivity contribution is 9.12. The van der Waals surface area contributed by atoms with Crippen molar-refractivity contribution in [1.82, 2.24) is 4.72 Å². The van der Waals surface area contributed by atoms with Gasteiger partial charge in [0.2, 0.25) is 10.0 Å². The van der Waals surface area contributed by atoms with E-state index in [9.17, 15) is 8.42 Å². The molecule has 1 rings (SSSR count). The molecule has 86 valence electrons. The SMILES string of the molecule is C[C@H](CN)NS(=O)(=O)c1cc(Br)sc1Br. The van der Waals surface area contributed by atoms with E-state index in [1.807, 2.05) is 0 Å². The van der Waals surface area contributed by atoms with E-state index in [4.69, 9.17) is 5.73 Å². The molecule has 1 aromatic heterocycles. The molecule has 0 saturated heterocycles. The molecule has 0 aliphatic carbocycles. The second-order valence-corrected chi connectivity index (χ2v) is 8.38. The van der Waals surface area contributed by atoms with Crippen LogP contribution in [-0.2, 0) is 10.0 Å². The van der Waals surface area contributed by atoms with E-state index >= 15 is 0 Å². The molecular weight excluding hydrogens is 368 g/mol. The second-order valence-electron chi connectivity index (χ2n) is 2.95. The van der Waals surface area contributed by atoms with Crippen LogP contribution in [0.15, 0.2) is 18.5 Å². The van der Waals surface area contributed by atoms with Crippen molar-refractivity contribution in [2.24, 2.45) is 5.73 Å². The van der Waals surface area contributed by atoms with Crippen LogP contribution < -0.4 is 10.5 Å². The van der Waals surface area contributed by atoms with Gasteiger partial charge in [-0.25, -0.2) is 13.1 Å². The molecule has 4 nitrogen and oxygen atoms in total. The minimum Gasteiger partial charge on any atom is -0.329 e. The van der Waals surface area contributed by atoms with Crippen molar-refractivity contribution in [3.05, 3.63) is 13.6 Å². The zero-order chi connectivity index (χ0) is 11.6. The maximum absolute atomic E-state index is 11.8. The molecule has 0 aliphatic rings. The van der Waals surface area contributed by atoms with Crippen molar-refractivity contribution >= 4 is 53.2 Å². The summed E-state index contributed by atoms with van der Waals surface area (Å²) in [5, 5.41) is 0. The van der Waals surface area contributed by atoms with Gasteiger partial charge < -0.3 is 5.73 Å². The first-order chi connectivity index (χ1) is 6.86. The average Bonchev–Trinajstić information content (AvgIpc) is 2.45. The Morgan fingerprint density at radius 2 is 2.20 bits per heavy atom. The topological polar surface area (TPSA) is 72.2 Å². The maximum atomic E-state index is 11.8. The number of sulfonamides is 1. The van der Waals surface area contributed by atoms with Gasteiger partial charge in [-0.2, -0.15) is 0 Å². The Balaban J connectivity index is 3.01. The minimum absolute atomic E-state index is 0.236. The van der Waals surface area contributed by atoms with Crippen LogP contribution in [0.3, 0.4) is 0 Å². The molecule has 1 atom stereocenters. The van der Waals surface area contributed by atoms with Crippen LogP contribution >= 0.6 is 43.2 Å². The fraction of sp³-hybridized carbons (Fsp3) is 0.429. The largest absolute Gasteiger partial charge is 0.329 e. The van der Waals surface area contributed by atoms with Crippen LogP contribution in [0.25, 0.3) is 0 Å². The first-order valence-corrected chi connectivity index (χ1v) is 7.92. The summed E-state index contributed by atoms with van der Waals surface area (Å²) in [5.74, 6) is 0. The molecule has 3 N–H and O–H groups in total. The zero-order valence-corrected chi connectivity index (χ0v) is 12.6. The van der Waals surface area contributed by atoms with Gasteiger partial charge in [-0.3, -0.25) is 0 Å². The van der Waals surface area contributed by atoms with Gasteiger partial charge in [0.25, 0.3) is 0 Å². The number of nitrogens with two attached hydrogens (primary N) is 1. The van der Waals surface area contributed by atoms with Gasteiger partial charge in [0, 0.05) is 12.6 Å². The van der Waals surface area contributed by atoms with Crippen LogP contribution in [0.4, 0.5) is 0 Å². The number of hydrogen-bond donors (Lipinski definition) is 2. The summed E-state index contributed by atoms with van der Waals surface area (Å²) in [5.41, 5.74) is 5.36. The minimum atomic E-state index is -3.48. The summed E-state index contributed by atoms with van der Waals surface area (Å²) in [6, 6.07) is 1.28. The van der Waals surface area contributed by atoms with E-state index in [1.165, 1.54) is 11.3 Å². The molecule has 1 aromatic rings. The fourth-order valence-electron chi connectivity index (χ4n) is 0.885. The molecule has 0 unspecified atom stereocenters. The lowest BCUT2D eigenvalue weighted by Gasteiger charge is -2.10. The Kier molecular flexibility index (Phi) is 4.75. The Morgan fingerprint density at radius 3 is 2.60 bits per heavy atom. The highest BCUT2D eigenvalue weighted by atomic mass is 79.9. The van der Waals surface area contributed by atoms with Crippen molar-refractivity contribution in [1.29, 1.82) is 0 Å². The molecule has 0 amide bonds. The zero-order valence-electron chi connectivity index (χ0n) is 7.83. The van der Waals surface area contributed by atoms with Crippen molar-refractivity contribution < 1.29 is 8.42 Å². The smallest absolute Gasteiger partial charge is 0.242 e. The maximum Gasteiger partial charge on any atom is 0.242 e. The quantitative estimate of drug-likeness (QED) is 0.841. The predicted molar refractivity (Wildman–Crippen MR) is 68.6 cm³/mol. The van der Waals surface area contributed by atoms with E-state index < -0.39 is 10.0 Å². The Morgan fingerprint density at radius 1 is 1.60 bits per heavy atom. The lowest BCUT2D eigenvalue weighted by molar-refractivity contribution is 0.562. The van der Waals surface area contributed by atoms with E-state index in [-0.39, 0.29) is 17.5 Å². The Bertz CT molecular complexity index is 444. The molecule has 0 radical (unpaired) electrons. The third-order valence-electron chi connectivity index (χ3n) is 1.62. The van der Waals surface area contributed by atoms with Gasteiger partial charge in [-0.05, 0) is 44.8 Å². The number of nitrogens with one attached hydrogen (secondary N) is 1. The van der Waals surface area contributed by atoms with Gasteiger partial charge in [-0.1, -0.05) is 0 Å². The van der Waals surface area contributed by atoms with E-state index in [2.05, 4.69) is 36.6 Å². The molecule has 0 fully saturated rings. The lowest BCUT2D eigenvalue weighted by atomic mass is 10.4. The van der Waals surface area contributed by atoms with Crippen molar-refractivity contribution in [2.75, 3.05) is 6.54 Å². The average molecular weight is 378 g/mol. The molecule has 0 saturated carbocycles. The van der Waals surface area contributed by atoms with Gasteiger partial charge in [0.1, 0.15) is 4.90 Å². The molecule has 0 spiro atoms. The number of hydrogen-bond acceptors (Lipinski definition) is 4. The third kappa shape index (κ3) is 3.50. The van der Waals surface area contributed by atoms with Crippen LogP contribution in [0.2, 0.25) is 0 Å². The molecule has 0 aromatic carbocycles. The van der Waals surface area contributed by atoms with Crippen molar-refractivity contribution in [2.45, 2.75) is 17.9 Å². The van der Waals surface area contributed by atoms with E-state index in [0.717, 1.165) is 3.79 Å². The number of halogens is 2. The van der Waals surface area contributed by atoms with Crippen LogP contribution in [0.5, 0.6) is 0 Å². The molecule has 0 aliphatic heterocycles. The Labute approximate surface area is 110 Å². The summed E-state index contributed by atoms with van der Waals surface area (Å²) < 4.78 is 27.5. The van der Waals surface area contributed by atoms with E-state index in [1.54, 1.807) is 13.0 Å². The standard InChI is InChI=1S/C7H10Br2N2O2S2/c1-4(3-10)11-15(12,13)5-2-6(8)14-7(5)9/h2,4,11H,3,10H2,1H3/t4-/m1/s1. The van der Waals surface area contributed by atoms with Gasteiger partial charge in [-0.15, -0.1) is 11.3 Å². The number of rotatable bonds is 4. The summed E-state index contributed by atoms with van der Waals surface area (Å²) in [6.07, 6.45) is 0. The highest BCUT2D eigenvalue weighted by Crippen LogP contribution is 2.34. The van der Waals surface area contributed by atoms with Gasteiger partial charge in [0.15, 0.2) is 0 Å². The molecule has 0 bridgehead atoms. The summed E-state index contributed by atoms with van der Waals surface area (Å²) >= 11 is 7.75. The van der Waals surface area contributed by atoms with Gasteiger partial charge in [0.05, 0.1) is 7.57 Å². The first-order valence-electron chi connectivity index (χ1n) is 4.04. The van der Waals surface area contributed by atoms with Crippen molar-refractivity contribution in [3.8, 4) is 0 Å². The summed E-state index contributed by atoms with van der Waals surface area (Å²) in [6.45, 7) is 1.98. The predicted octanol–water partition coefficient (Wildman–Crippen LogP) is 1.90. The normalized spacial score (nSPS) is 14.1. The van der Waals surface area contributed by atoms with Crippen molar-refractivity contribution in [3.63, 3.8) is 0 Å².